The Bertz CT molecular complexity index is 396. The summed E-state index contributed by atoms with van der Waals surface area (Å²) in [6.45, 7) is 0. The van der Waals surface area contributed by atoms with Crippen LogP contribution in [0.15, 0.2) is 24.3 Å². The summed E-state index contributed by atoms with van der Waals surface area (Å²) in [5.41, 5.74) is 5.72. The number of aliphatic hydroxyl groups is 1. The monoisotopic (exact) mass is 226 g/mol. The Morgan fingerprint density at radius 3 is 2.44 bits per heavy atom. The van der Waals surface area contributed by atoms with Crippen LogP contribution in [0.25, 0.3) is 0 Å². The summed E-state index contributed by atoms with van der Waals surface area (Å²) in [7, 11) is 0. The van der Waals surface area contributed by atoms with Gasteiger partial charge in [0.25, 0.3) is 0 Å². The van der Waals surface area contributed by atoms with Crippen molar-refractivity contribution in [2.45, 2.75) is 12.3 Å². The first kappa shape index (κ1) is 11.0. The second-order valence-electron chi connectivity index (χ2n) is 3.63. The van der Waals surface area contributed by atoms with Crippen LogP contribution in [0.3, 0.4) is 0 Å². The first-order valence-electron chi connectivity index (χ1n) is 4.77. The van der Waals surface area contributed by atoms with E-state index < -0.39 is 24.2 Å². The number of halogens is 1. The molecule has 5 nitrogen and oxygen atoms in total. The largest absolute Gasteiger partial charge is 0.481 e. The lowest BCUT2D eigenvalue weighted by Gasteiger charge is -2.16. The summed E-state index contributed by atoms with van der Waals surface area (Å²) in [6, 6.07) is 4.90. The predicted molar refractivity (Wildman–Crippen MR) is 52.5 cm³/mol. The van der Waals surface area contributed by atoms with E-state index in [1.54, 1.807) is 0 Å². The highest BCUT2D eigenvalue weighted by atomic mass is 19.1. The fourth-order valence-electron chi connectivity index (χ4n) is 1.78. The summed E-state index contributed by atoms with van der Waals surface area (Å²) in [6.07, 6.45) is -1.16. The number of aliphatic carboxylic acids is 1. The Hall–Kier alpha value is -1.50. The molecule has 1 aliphatic heterocycles. The van der Waals surface area contributed by atoms with Crippen molar-refractivity contribution in [3.63, 3.8) is 0 Å². The number of hydrazine groups is 1. The molecule has 6 heteroatoms. The third kappa shape index (κ3) is 1.90. The molecular formula is C10H11FN2O3. The number of carboxylic acid groups (broad SMARTS) is 1. The zero-order valence-corrected chi connectivity index (χ0v) is 8.22. The molecule has 1 fully saturated rings. The van der Waals surface area contributed by atoms with Crippen molar-refractivity contribution >= 4 is 5.97 Å². The minimum atomic E-state index is -1.16. The molecule has 0 amide bonds. The normalized spacial score (nSPS) is 29.2. The van der Waals surface area contributed by atoms with E-state index >= 15 is 0 Å². The van der Waals surface area contributed by atoms with Gasteiger partial charge in [0.1, 0.15) is 18.0 Å². The van der Waals surface area contributed by atoms with Crippen molar-refractivity contribution in [1.82, 2.24) is 10.9 Å². The summed E-state index contributed by atoms with van der Waals surface area (Å²) >= 11 is 0. The molecule has 0 radical (unpaired) electrons. The van der Waals surface area contributed by atoms with E-state index in [0.717, 1.165) is 0 Å². The Balaban J connectivity index is 2.26. The van der Waals surface area contributed by atoms with Gasteiger partial charge in [0.15, 0.2) is 0 Å². The topological polar surface area (TPSA) is 81.6 Å². The van der Waals surface area contributed by atoms with Crippen LogP contribution in [0.2, 0.25) is 0 Å². The summed E-state index contributed by atoms with van der Waals surface area (Å²) in [5, 5.41) is 18.4. The number of benzene rings is 1. The van der Waals surface area contributed by atoms with Gasteiger partial charge in [-0.1, -0.05) is 12.1 Å². The predicted octanol–water partition coefficient (Wildman–Crippen LogP) is -0.00620. The summed E-state index contributed by atoms with van der Waals surface area (Å²) in [5.74, 6) is -2.49. The van der Waals surface area contributed by atoms with Crippen LogP contribution in [-0.2, 0) is 4.79 Å². The van der Waals surface area contributed by atoms with Crippen molar-refractivity contribution in [2.75, 3.05) is 0 Å². The molecular weight excluding hydrogens is 215 g/mol. The van der Waals surface area contributed by atoms with E-state index in [2.05, 4.69) is 10.9 Å². The Kier molecular flexibility index (Phi) is 2.86. The maximum absolute atomic E-state index is 12.7. The fourth-order valence-corrected chi connectivity index (χ4v) is 1.78. The van der Waals surface area contributed by atoms with Gasteiger partial charge in [-0.3, -0.25) is 4.79 Å². The molecule has 3 atom stereocenters. The molecule has 16 heavy (non-hydrogen) atoms. The lowest BCUT2D eigenvalue weighted by molar-refractivity contribution is -0.145. The second kappa shape index (κ2) is 4.17. The number of carboxylic acids is 1. The van der Waals surface area contributed by atoms with Gasteiger partial charge >= 0.3 is 5.97 Å². The highest BCUT2D eigenvalue weighted by Crippen LogP contribution is 2.27. The number of hydrogen-bond donors (Lipinski definition) is 4. The van der Waals surface area contributed by atoms with Crippen LogP contribution in [-0.4, -0.2) is 22.4 Å². The van der Waals surface area contributed by atoms with Crippen LogP contribution < -0.4 is 10.9 Å². The lowest BCUT2D eigenvalue weighted by Crippen LogP contribution is -2.33. The van der Waals surface area contributed by atoms with Crippen LogP contribution in [0.4, 0.5) is 4.39 Å². The third-order valence-corrected chi connectivity index (χ3v) is 2.60. The molecule has 0 saturated carbocycles. The highest BCUT2D eigenvalue weighted by molar-refractivity contribution is 5.72. The van der Waals surface area contributed by atoms with E-state index in [-0.39, 0.29) is 5.82 Å². The molecule has 3 unspecified atom stereocenters. The van der Waals surface area contributed by atoms with Crippen molar-refractivity contribution in [2.24, 2.45) is 5.92 Å². The van der Waals surface area contributed by atoms with Crippen LogP contribution >= 0.6 is 0 Å². The maximum Gasteiger partial charge on any atom is 0.312 e. The Labute approximate surface area is 90.9 Å². The van der Waals surface area contributed by atoms with Crippen molar-refractivity contribution < 1.29 is 19.4 Å². The molecule has 0 spiro atoms. The fraction of sp³-hybridized carbons (Fsp3) is 0.300. The van der Waals surface area contributed by atoms with Gasteiger partial charge < -0.3 is 10.2 Å². The smallest absolute Gasteiger partial charge is 0.312 e. The molecule has 1 saturated heterocycles. The van der Waals surface area contributed by atoms with Gasteiger partial charge in [-0.25, -0.2) is 15.2 Å². The van der Waals surface area contributed by atoms with Crippen LogP contribution in [0.5, 0.6) is 0 Å². The first-order valence-corrected chi connectivity index (χ1v) is 4.77. The van der Waals surface area contributed by atoms with Gasteiger partial charge in [0.2, 0.25) is 0 Å². The molecule has 0 aromatic heterocycles. The van der Waals surface area contributed by atoms with Gasteiger partial charge in [-0.05, 0) is 17.7 Å². The summed E-state index contributed by atoms with van der Waals surface area (Å²) < 4.78 is 12.7. The number of nitrogens with one attached hydrogen (secondary N) is 2. The molecule has 4 N–H and O–H groups in total. The Morgan fingerprint density at radius 2 is 1.88 bits per heavy atom. The average Bonchev–Trinajstić information content (AvgIpc) is 2.61. The number of aliphatic hydroxyl groups excluding tert-OH is 1. The van der Waals surface area contributed by atoms with E-state index in [9.17, 15) is 14.3 Å². The quantitative estimate of drug-likeness (QED) is 0.570. The van der Waals surface area contributed by atoms with Gasteiger partial charge in [0.05, 0.1) is 6.04 Å². The Morgan fingerprint density at radius 1 is 1.25 bits per heavy atom. The second-order valence-corrected chi connectivity index (χ2v) is 3.63. The summed E-state index contributed by atoms with van der Waals surface area (Å²) in [4.78, 5) is 10.9. The zero-order chi connectivity index (χ0) is 11.7. The van der Waals surface area contributed by atoms with E-state index in [0.29, 0.717) is 5.56 Å². The highest BCUT2D eigenvalue weighted by Gasteiger charge is 2.40. The van der Waals surface area contributed by atoms with E-state index in [1.165, 1.54) is 24.3 Å². The van der Waals surface area contributed by atoms with E-state index in [1.807, 2.05) is 0 Å². The molecule has 2 rings (SSSR count). The number of carbonyl (C=O) groups is 1. The SMILES string of the molecule is O=C(O)C1C(O)NNC1c1ccc(F)cc1. The van der Waals surface area contributed by atoms with Crippen LogP contribution in [0, 0.1) is 11.7 Å². The van der Waals surface area contributed by atoms with Gasteiger partial charge in [-0.2, -0.15) is 0 Å². The maximum atomic E-state index is 12.7. The minimum Gasteiger partial charge on any atom is -0.481 e. The molecule has 86 valence electrons. The molecule has 0 bridgehead atoms. The lowest BCUT2D eigenvalue weighted by atomic mass is 9.94. The first-order chi connectivity index (χ1) is 7.59. The third-order valence-electron chi connectivity index (χ3n) is 2.60. The standard InChI is InChI=1S/C10H11FN2O3/c11-6-3-1-5(2-4-6)8-7(10(15)16)9(14)13-12-8/h1-4,7-9,12-14H,(H,15,16). The number of hydrogen-bond acceptors (Lipinski definition) is 4. The number of rotatable bonds is 2. The van der Waals surface area contributed by atoms with Gasteiger partial charge in [0, 0.05) is 0 Å². The minimum absolute atomic E-state index is 0.387. The van der Waals surface area contributed by atoms with Crippen molar-refractivity contribution in [1.29, 1.82) is 0 Å². The molecule has 1 aromatic carbocycles. The van der Waals surface area contributed by atoms with Crippen molar-refractivity contribution in [3.8, 4) is 0 Å². The molecule has 0 aliphatic carbocycles. The van der Waals surface area contributed by atoms with E-state index in [4.69, 9.17) is 5.11 Å². The molecule has 1 aromatic rings. The zero-order valence-electron chi connectivity index (χ0n) is 8.22. The van der Waals surface area contributed by atoms with Gasteiger partial charge in [-0.15, -0.1) is 0 Å². The molecule has 1 aliphatic rings. The van der Waals surface area contributed by atoms with Crippen LogP contribution in [0.1, 0.15) is 11.6 Å². The average molecular weight is 226 g/mol. The molecule has 1 heterocycles. The van der Waals surface area contributed by atoms with Crippen molar-refractivity contribution in [3.05, 3.63) is 35.6 Å².